The van der Waals surface area contributed by atoms with Crippen LogP contribution in [0, 0.1) is 13.8 Å². The smallest absolute Gasteiger partial charge is 0.422 e. The molecule has 7 nitrogen and oxygen atoms in total. The highest BCUT2D eigenvalue weighted by Crippen LogP contribution is 2.25. The molecule has 0 unspecified atom stereocenters. The summed E-state index contributed by atoms with van der Waals surface area (Å²) in [5, 5.41) is 15.0. The fraction of sp³-hybridized carbons (Fsp3) is 0.129. The second kappa shape index (κ2) is 12.0. The van der Waals surface area contributed by atoms with E-state index in [0.29, 0.717) is 16.9 Å². The third-order valence-corrected chi connectivity index (χ3v) is 6.17. The van der Waals surface area contributed by atoms with Gasteiger partial charge in [-0.1, -0.05) is 30.3 Å². The largest absolute Gasteiger partial charge is 0.508 e. The number of benzene rings is 4. The summed E-state index contributed by atoms with van der Waals surface area (Å²) in [5.41, 5.74) is 4.19. The van der Waals surface area contributed by atoms with Crippen molar-refractivity contribution in [2.24, 2.45) is 0 Å². The summed E-state index contributed by atoms with van der Waals surface area (Å²) in [6, 6.07) is 22.6. The Bertz CT molecular complexity index is 1600. The van der Waals surface area contributed by atoms with Gasteiger partial charge in [-0.2, -0.15) is 13.2 Å². The van der Waals surface area contributed by atoms with Gasteiger partial charge in [0.15, 0.2) is 6.61 Å². The number of aromatic hydroxyl groups is 1. The van der Waals surface area contributed by atoms with Gasteiger partial charge in [0, 0.05) is 22.5 Å². The number of esters is 1. The van der Waals surface area contributed by atoms with Crippen molar-refractivity contribution in [3.8, 4) is 16.9 Å². The fourth-order valence-electron chi connectivity index (χ4n) is 3.96. The van der Waals surface area contributed by atoms with Gasteiger partial charge >= 0.3 is 12.1 Å². The van der Waals surface area contributed by atoms with Crippen LogP contribution in [0.5, 0.6) is 5.75 Å². The van der Waals surface area contributed by atoms with E-state index in [2.05, 4.69) is 15.4 Å². The first-order valence-corrected chi connectivity index (χ1v) is 12.4. The molecule has 4 rings (SSSR count). The number of carbonyl (C=O) groups excluding carboxylic acids is 3. The molecule has 0 aliphatic rings. The standard InChI is InChI=1S/C31H25F3N2O5/c1-18-3-11-24(35-29(39)23-10-14-26(19(2)15-23)30(40)41-17-31(32,33)34)16-27(18)36-28(38)22-6-4-20(5-7-22)21-8-12-25(37)13-9-21/h3-16,37H,17H2,1-2H3,(H,35,39)(H,36,38). The van der Waals surface area contributed by atoms with E-state index in [1.165, 1.54) is 25.1 Å². The van der Waals surface area contributed by atoms with Crippen LogP contribution in [0.1, 0.15) is 42.2 Å². The fourth-order valence-corrected chi connectivity index (χ4v) is 3.96. The molecule has 0 heterocycles. The lowest BCUT2D eigenvalue weighted by molar-refractivity contribution is -0.161. The highest BCUT2D eigenvalue weighted by atomic mass is 19.4. The second-order valence-electron chi connectivity index (χ2n) is 9.28. The number of aryl methyl sites for hydroxylation is 2. The Morgan fingerprint density at radius 2 is 1.32 bits per heavy atom. The van der Waals surface area contributed by atoms with Crippen LogP contribution in [0.2, 0.25) is 0 Å². The van der Waals surface area contributed by atoms with Crippen LogP contribution in [0.3, 0.4) is 0 Å². The van der Waals surface area contributed by atoms with Gasteiger partial charge in [0.1, 0.15) is 5.75 Å². The zero-order chi connectivity index (χ0) is 29.7. The minimum atomic E-state index is -4.64. The van der Waals surface area contributed by atoms with Crippen LogP contribution in [0.25, 0.3) is 11.1 Å². The zero-order valence-corrected chi connectivity index (χ0v) is 22.0. The summed E-state index contributed by atoms with van der Waals surface area (Å²) < 4.78 is 41.3. The highest BCUT2D eigenvalue weighted by molar-refractivity contribution is 6.07. The average Bonchev–Trinajstić information content (AvgIpc) is 2.93. The first kappa shape index (κ1) is 28.9. The number of carbonyl (C=O) groups is 3. The Morgan fingerprint density at radius 1 is 0.732 bits per heavy atom. The summed E-state index contributed by atoms with van der Waals surface area (Å²) in [6.07, 6.45) is -4.64. The Balaban J connectivity index is 1.42. The van der Waals surface area contributed by atoms with Crippen molar-refractivity contribution in [3.05, 3.63) is 113 Å². The lowest BCUT2D eigenvalue weighted by atomic mass is 10.0. The van der Waals surface area contributed by atoms with Crippen LogP contribution < -0.4 is 10.6 Å². The first-order valence-electron chi connectivity index (χ1n) is 12.4. The summed E-state index contributed by atoms with van der Waals surface area (Å²) >= 11 is 0. The van der Waals surface area contributed by atoms with Gasteiger partial charge in [-0.15, -0.1) is 0 Å². The quantitative estimate of drug-likeness (QED) is 0.213. The maximum absolute atomic E-state index is 12.9. The number of hydrogen-bond donors (Lipinski definition) is 3. The average molecular weight is 563 g/mol. The van der Waals surface area contributed by atoms with Gasteiger partial charge in [-0.25, -0.2) is 4.79 Å². The van der Waals surface area contributed by atoms with Crippen LogP contribution in [-0.4, -0.2) is 35.7 Å². The molecule has 3 N–H and O–H groups in total. The van der Waals surface area contributed by atoms with E-state index < -0.39 is 24.7 Å². The molecule has 0 saturated heterocycles. The normalized spacial score (nSPS) is 11.0. The van der Waals surface area contributed by atoms with Gasteiger partial charge in [0.25, 0.3) is 11.8 Å². The molecule has 4 aromatic carbocycles. The molecule has 0 saturated carbocycles. The SMILES string of the molecule is Cc1ccc(NC(=O)c2ccc(C(=O)OCC(F)(F)F)c(C)c2)cc1NC(=O)c1ccc(-c2ccc(O)cc2)cc1. The van der Waals surface area contributed by atoms with Crippen molar-refractivity contribution in [1.82, 2.24) is 0 Å². The molecule has 0 radical (unpaired) electrons. The summed E-state index contributed by atoms with van der Waals surface area (Å²) in [4.78, 5) is 37.7. The molecular weight excluding hydrogens is 537 g/mol. The second-order valence-corrected chi connectivity index (χ2v) is 9.28. The molecule has 41 heavy (non-hydrogen) atoms. The van der Waals surface area contributed by atoms with E-state index in [-0.39, 0.29) is 28.3 Å². The van der Waals surface area contributed by atoms with E-state index in [0.717, 1.165) is 16.7 Å². The molecule has 210 valence electrons. The summed E-state index contributed by atoms with van der Waals surface area (Å²) in [6.45, 7) is 1.58. The third-order valence-electron chi connectivity index (χ3n) is 6.17. The Labute approximate surface area is 233 Å². The molecule has 0 spiro atoms. The minimum absolute atomic E-state index is 0.0813. The van der Waals surface area contributed by atoms with E-state index in [9.17, 15) is 32.7 Å². The molecule has 0 aliphatic carbocycles. The maximum Gasteiger partial charge on any atom is 0.422 e. The molecule has 10 heteroatoms. The first-order chi connectivity index (χ1) is 19.4. The third kappa shape index (κ3) is 7.51. The summed E-state index contributed by atoms with van der Waals surface area (Å²) in [5.74, 6) is -1.84. The lowest BCUT2D eigenvalue weighted by Crippen LogP contribution is -2.21. The number of hydrogen-bond acceptors (Lipinski definition) is 5. The van der Waals surface area contributed by atoms with Gasteiger partial charge in [0.2, 0.25) is 0 Å². The van der Waals surface area contributed by atoms with E-state index in [1.54, 1.807) is 73.7 Å². The maximum atomic E-state index is 12.9. The van der Waals surface area contributed by atoms with Crippen molar-refractivity contribution < 1.29 is 37.4 Å². The number of phenolic OH excluding ortho intramolecular Hbond substituents is 1. The number of anilines is 2. The Morgan fingerprint density at radius 3 is 1.93 bits per heavy atom. The number of amides is 2. The number of ether oxygens (including phenoxy) is 1. The molecular formula is C31H25F3N2O5. The van der Waals surface area contributed by atoms with Crippen LogP contribution in [0.4, 0.5) is 24.5 Å². The van der Waals surface area contributed by atoms with E-state index >= 15 is 0 Å². The molecule has 0 bridgehead atoms. The minimum Gasteiger partial charge on any atom is -0.508 e. The number of nitrogens with one attached hydrogen (secondary N) is 2. The number of phenols is 1. The van der Waals surface area contributed by atoms with Gasteiger partial charge < -0.3 is 20.5 Å². The molecule has 2 amide bonds. The lowest BCUT2D eigenvalue weighted by Gasteiger charge is -2.13. The van der Waals surface area contributed by atoms with Crippen LogP contribution in [-0.2, 0) is 4.74 Å². The van der Waals surface area contributed by atoms with Gasteiger partial charge in [-0.05, 0) is 90.7 Å². The summed E-state index contributed by atoms with van der Waals surface area (Å²) in [7, 11) is 0. The molecule has 0 aromatic heterocycles. The molecule has 0 fully saturated rings. The van der Waals surface area contributed by atoms with Crippen molar-refractivity contribution >= 4 is 29.2 Å². The van der Waals surface area contributed by atoms with E-state index in [1.807, 2.05) is 0 Å². The predicted molar refractivity (Wildman–Crippen MR) is 148 cm³/mol. The van der Waals surface area contributed by atoms with Gasteiger partial charge in [0.05, 0.1) is 5.56 Å². The van der Waals surface area contributed by atoms with Crippen molar-refractivity contribution in [1.29, 1.82) is 0 Å². The van der Waals surface area contributed by atoms with Crippen LogP contribution >= 0.6 is 0 Å². The van der Waals surface area contributed by atoms with E-state index in [4.69, 9.17) is 0 Å². The van der Waals surface area contributed by atoms with Crippen molar-refractivity contribution in [2.75, 3.05) is 17.2 Å². The Hall–Kier alpha value is -5.12. The van der Waals surface area contributed by atoms with Gasteiger partial charge in [-0.3, -0.25) is 9.59 Å². The number of rotatable bonds is 7. The zero-order valence-electron chi connectivity index (χ0n) is 22.0. The van der Waals surface area contributed by atoms with Crippen molar-refractivity contribution in [3.63, 3.8) is 0 Å². The molecule has 4 aromatic rings. The number of halogens is 3. The molecule has 0 aliphatic heterocycles. The predicted octanol–water partition coefficient (Wildman–Crippen LogP) is 6.90. The highest BCUT2D eigenvalue weighted by Gasteiger charge is 2.30. The monoisotopic (exact) mass is 562 g/mol. The van der Waals surface area contributed by atoms with Crippen molar-refractivity contribution in [2.45, 2.75) is 20.0 Å². The van der Waals surface area contributed by atoms with Crippen LogP contribution in [0.15, 0.2) is 84.9 Å². The molecule has 0 atom stereocenters. The topological polar surface area (TPSA) is 105 Å². The number of alkyl halides is 3. The Kier molecular flexibility index (Phi) is 8.42.